The maximum absolute atomic E-state index is 14.8. The predicted octanol–water partition coefficient (Wildman–Crippen LogP) is 3.53. The van der Waals surface area contributed by atoms with E-state index in [-0.39, 0.29) is 52.5 Å². The quantitative estimate of drug-likeness (QED) is 0.220. The van der Waals surface area contributed by atoms with Crippen molar-refractivity contribution in [1.29, 1.82) is 0 Å². The van der Waals surface area contributed by atoms with Crippen LogP contribution in [0.1, 0.15) is 99.8 Å². The molecular formula is C35H53NO9. The number of Topliss-reactive ketones (excluding diaryl/α,β-unsaturated/α-hetero) is 1. The van der Waals surface area contributed by atoms with Crippen LogP contribution in [0.2, 0.25) is 0 Å². The van der Waals surface area contributed by atoms with E-state index in [9.17, 15) is 24.3 Å². The van der Waals surface area contributed by atoms with Crippen LogP contribution < -0.4 is 5.73 Å². The molecule has 0 bridgehead atoms. The van der Waals surface area contributed by atoms with Crippen LogP contribution in [-0.4, -0.2) is 77.9 Å². The summed E-state index contributed by atoms with van der Waals surface area (Å²) in [6, 6.07) is 0. The first-order valence-electron chi connectivity index (χ1n) is 17.0. The van der Waals surface area contributed by atoms with Gasteiger partial charge in [-0.15, -0.1) is 0 Å². The van der Waals surface area contributed by atoms with Gasteiger partial charge in [-0.05, 0) is 105 Å². The van der Waals surface area contributed by atoms with E-state index in [1.807, 2.05) is 0 Å². The van der Waals surface area contributed by atoms with Gasteiger partial charge in [0.2, 0.25) is 6.29 Å². The van der Waals surface area contributed by atoms with Crippen LogP contribution in [0.25, 0.3) is 0 Å². The van der Waals surface area contributed by atoms with Crippen LogP contribution in [0.3, 0.4) is 0 Å². The Balaban J connectivity index is 1.28. The third-order valence-corrected chi connectivity index (χ3v) is 14.1. The molecular weight excluding hydrogens is 578 g/mol. The number of aliphatic hydroxyl groups is 1. The van der Waals surface area contributed by atoms with Crippen LogP contribution >= 0.6 is 0 Å². The summed E-state index contributed by atoms with van der Waals surface area (Å²) in [5.74, 6) is -0.0939. The highest BCUT2D eigenvalue weighted by Crippen LogP contribution is 2.87. The van der Waals surface area contributed by atoms with Gasteiger partial charge in [-0.25, -0.2) is 0 Å². The molecule has 252 valence electrons. The molecule has 1 saturated heterocycles. The van der Waals surface area contributed by atoms with Gasteiger partial charge in [0.1, 0.15) is 19.0 Å². The number of fused-ring (bicyclic) bond motifs is 4. The SMILES string of the molecule is CC(=O)O[C@@H](C1C[C@@H](C)[C@H]2C(O1)C(=O)[C@@]1(N)C3CC[C@H]4C(C)(C)[C@@H](O[C@@H](C=O)OCC=O)CC[C@@]45C[C@@]35CC[C@]21C)C(C)(C)O. The summed E-state index contributed by atoms with van der Waals surface area (Å²) in [6.07, 6.45) is 4.75. The Morgan fingerprint density at radius 2 is 1.78 bits per heavy atom. The summed E-state index contributed by atoms with van der Waals surface area (Å²) in [4.78, 5) is 49.2. The highest BCUT2D eigenvalue weighted by Gasteiger charge is 2.85. The summed E-state index contributed by atoms with van der Waals surface area (Å²) < 4.78 is 23.7. The number of ether oxygens (including phenoxy) is 4. The zero-order valence-corrected chi connectivity index (χ0v) is 28.0. The Bertz CT molecular complexity index is 1250. The maximum atomic E-state index is 14.8. The van der Waals surface area contributed by atoms with Crippen molar-refractivity contribution in [3.63, 3.8) is 0 Å². The molecule has 3 unspecified atom stereocenters. The molecule has 0 aromatic heterocycles. The standard InChI is InChI=1S/C35H53NO9/c1-19-16-21(29(31(5,6)41)43-20(2)39)44-27-26(19)32(7)12-13-34-18-33(34)11-10-24(45-25(17-38)42-15-14-37)30(3,4)22(33)8-9-23(34)35(32,36)28(27)40/h14,17,19,21-27,29,41H,8-13,15-16,18,36H2,1-7H3/t19-,21?,22+,23?,24+,25+,26+,27?,29+,32-,33-,34+,35+/m1/s1. The first-order chi connectivity index (χ1) is 20.9. The lowest BCUT2D eigenvalue weighted by atomic mass is 9.43. The number of carbonyl (C=O) groups is 4. The van der Waals surface area contributed by atoms with E-state index < -0.39 is 47.1 Å². The van der Waals surface area contributed by atoms with Gasteiger partial charge in [0.25, 0.3) is 0 Å². The number of rotatable bonds is 9. The third-order valence-electron chi connectivity index (χ3n) is 14.1. The minimum absolute atomic E-state index is 0.0223. The van der Waals surface area contributed by atoms with E-state index in [1.54, 1.807) is 13.8 Å². The van der Waals surface area contributed by atoms with Crippen LogP contribution in [0, 0.1) is 45.3 Å². The summed E-state index contributed by atoms with van der Waals surface area (Å²) >= 11 is 0. The predicted molar refractivity (Wildman–Crippen MR) is 163 cm³/mol. The molecule has 10 heteroatoms. The largest absolute Gasteiger partial charge is 0.457 e. The van der Waals surface area contributed by atoms with Gasteiger partial charge < -0.3 is 34.6 Å². The Hall–Kier alpha value is -1.72. The second-order valence-corrected chi connectivity index (χ2v) is 16.8. The zero-order valence-electron chi connectivity index (χ0n) is 28.0. The second kappa shape index (κ2) is 10.6. The van der Waals surface area contributed by atoms with Gasteiger partial charge in [0.15, 0.2) is 18.2 Å². The molecule has 10 nitrogen and oxygen atoms in total. The van der Waals surface area contributed by atoms with Crippen molar-refractivity contribution in [2.75, 3.05) is 6.61 Å². The number of hydrogen-bond acceptors (Lipinski definition) is 10. The molecule has 1 aliphatic heterocycles. The summed E-state index contributed by atoms with van der Waals surface area (Å²) in [5.41, 5.74) is 4.59. The van der Waals surface area contributed by atoms with Crippen LogP contribution in [0.15, 0.2) is 0 Å². The zero-order chi connectivity index (χ0) is 33.0. The highest BCUT2D eigenvalue weighted by atomic mass is 16.7. The van der Waals surface area contributed by atoms with Gasteiger partial charge in [-0.1, -0.05) is 27.7 Å². The molecule has 0 aromatic rings. The molecule has 0 amide bonds. The van der Waals surface area contributed by atoms with E-state index in [1.165, 1.54) is 6.92 Å². The molecule has 6 fully saturated rings. The summed E-state index contributed by atoms with van der Waals surface area (Å²) in [6.45, 7) is 13.2. The van der Waals surface area contributed by atoms with Gasteiger partial charge in [0, 0.05) is 12.8 Å². The Morgan fingerprint density at radius 1 is 1.11 bits per heavy atom. The molecule has 3 N–H and O–H groups in total. The average Bonchev–Trinajstić information content (AvgIpc) is 3.59. The van der Waals surface area contributed by atoms with E-state index >= 15 is 0 Å². The number of hydrogen-bond donors (Lipinski definition) is 2. The molecule has 6 aliphatic rings. The third kappa shape index (κ3) is 4.44. The Labute approximate surface area is 266 Å². The van der Waals surface area contributed by atoms with E-state index in [0.717, 1.165) is 44.9 Å². The van der Waals surface area contributed by atoms with Crippen molar-refractivity contribution < 1.29 is 43.2 Å². The molecule has 13 atom stereocenters. The van der Waals surface area contributed by atoms with Crippen molar-refractivity contribution in [1.82, 2.24) is 0 Å². The molecule has 0 aromatic carbocycles. The van der Waals surface area contributed by atoms with Gasteiger partial charge in [0.05, 0.1) is 23.3 Å². The number of esters is 1. The Morgan fingerprint density at radius 3 is 2.40 bits per heavy atom. The van der Waals surface area contributed by atoms with E-state index in [4.69, 9.17) is 24.7 Å². The summed E-state index contributed by atoms with van der Waals surface area (Å²) in [5, 5.41) is 10.9. The topological polar surface area (TPSA) is 151 Å². The monoisotopic (exact) mass is 631 g/mol. The smallest absolute Gasteiger partial charge is 0.303 e. The van der Waals surface area contributed by atoms with Crippen molar-refractivity contribution in [3.8, 4) is 0 Å². The van der Waals surface area contributed by atoms with Crippen LogP contribution in [0.4, 0.5) is 0 Å². The van der Waals surface area contributed by atoms with Crippen molar-refractivity contribution >= 4 is 24.3 Å². The number of ketones is 1. The first-order valence-corrected chi connectivity index (χ1v) is 17.0. The van der Waals surface area contributed by atoms with Gasteiger partial charge in [-0.2, -0.15) is 0 Å². The Kier molecular flexibility index (Phi) is 7.85. The lowest BCUT2D eigenvalue weighted by Crippen LogP contribution is -2.69. The first kappa shape index (κ1) is 33.2. The molecule has 45 heavy (non-hydrogen) atoms. The molecule has 1 heterocycles. The summed E-state index contributed by atoms with van der Waals surface area (Å²) in [7, 11) is 0. The second-order valence-electron chi connectivity index (χ2n) is 16.8. The van der Waals surface area contributed by atoms with Gasteiger partial charge >= 0.3 is 5.97 Å². The van der Waals surface area contributed by atoms with Crippen LogP contribution in [0.5, 0.6) is 0 Å². The highest BCUT2D eigenvalue weighted by molar-refractivity contribution is 5.97. The normalized spacial score (nSPS) is 47.6. The average molecular weight is 632 g/mol. The van der Waals surface area contributed by atoms with Crippen molar-refractivity contribution in [2.24, 2.45) is 51.1 Å². The maximum Gasteiger partial charge on any atom is 0.303 e. The van der Waals surface area contributed by atoms with Crippen molar-refractivity contribution in [2.45, 2.75) is 142 Å². The van der Waals surface area contributed by atoms with Gasteiger partial charge in [-0.3, -0.25) is 14.4 Å². The van der Waals surface area contributed by atoms with E-state index in [0.29, 0.717) is 24.9 Å². The lowest BCUT2D eigenvalue weighted by Gasteiger charge is -2.62. The fourth-order valence-corrected chi connectivity index (χ4v) is 12.3. The van der Waals surface area contributed by atoms with Crippen molar-refractivity contribution in [3.05, 3.63) is 0 Å². The minimum Gasteiger partial charge on any atom is -0.457 e. The molecule has 0 radical (unpaired) electrons. The molecule has 5 aliphatic carbocycles. The molecule has 6 rings (SSSR count). The fraction of sp³-hybridized carbons (Fsp3) is 0.886. The lowest BCUT2D eigenvalue weighted by molar-refractivity contribution is -0.218. The van der Waals surface area contributed by atoms with E-state index in [2.05, 4.69) is 27.7 Å². The minimum atomic E-state index is -1.34. The molecule has 5 saturated carbocycles. The number of nitrogens with two attached hydrogens (primary N) is 1. The fourth-order valence-electron chi connectivity index (χ4n) is 12.3. The number of carbonyl (C=O) groups excluding carboxylic acids is 4. The van der Waals surface area contributed by atoms with Crippen LogP contribution in [-0.2, 0) is 38.1 Å². The molecule has 2 spiro atoms. The number of aldehydes is 2.